The van der Waals surface area contributed by atoms with Crippen LogP contribution in [0, 0.1) is 0 Å². The van der Waals surface area contributed by atoms with Gasteiger partial charge in [-0.25, -0.2) is 0 Å². The molecule has 0 radical (unpaired) electrons. The van der Waals surface area contributed by atoms with Gasteiger partial charge in [0.15, 0.2) is 0 Å². The van der Waals surface area contributed by atoms with Crippen molar-refractivity contribution in [2.45, 2.75) is 12.5 Å². The number of hydrogen-bond donors (Lipinski definition) is 2. The van der Waals surface area contributed by atoms with E-state index in [-0.39, 0.29) is 6.04 Å². The molecule has 3 N–H and O–H groups in total. The molecule has 2 aromatic heterocycles. The Morgan fingerprint density at radius 1 is 1.53 bits per heavy atom. The first-order valence-electron chi connectivity index (χ1n) is 4.38. The first-order chi connectivity index (χ1) is 7.29. The van der Waals surface area contributed by atoms with Crippen molar-refractivity contribution in [3.05, 3.63) is 37.4 Å². The van der Waals surface area contributed by atoms with Crippen LogP contribution in [0.3, 0.4) is 0 Å². The van der Waals surface area contributed by atoms with E-state index < -0.39 is 0 Å². The molecule has 0 saturated carbocycles. The summed E-state index contributed by atoms with van der Waals surface area (Å²) in [5.41, 5.74) is 4.65. The molecule has 3 nitrogen and oxygen atoms in total. The highest BCUT2D eigenvalue weighted by Crippen LogP contribution is 2.27. The molecule has 0 aromatic carbocycles. The van der Waals surface area contributed by atoms with Crippen molar-refractivity contribution in [3.63, 3.8) is 0 Å². The van der Waals surface area contributed by atoms with E-state index in [4.69, 9.17) is 5.84 Å². The van der Waals surface area contributed by atoms with Crippen LogP contribution in [-0.4, -0.2) is 4.98 Å². The molecule has 2 aromatic rings. The number of rotatable bonds is 4. The highest BCUT2D eigenvalue weighted by molar-refractivity contribution is 9.11. The summed E-state index contributed by atoms with van der Waals surface area (Å²) in [5, 5.41) is 0. The minimum absolute atomic E-state index is 0.156. The van der Waals surface area contributed by atoms with Crippen LogP contribution in [-0.2, 0) is 6.42 Å². The second-order valence-corrected chi connectivity index (χ2v) is 6.50. The zero-order chi connectivity index (χ0) is 10.7. The normalized spacial score (nSPS) is 12.9. The van der Waals surface area contributed by atoms with Gasteiger partial charge in [-0.3, -0.25) is 16.3 Å². The van der Waals surface area contributed by atoms with Crippen LogP contribution < -0.4 is 11.3 Å². The van der Waals surface area contributed by atoms with Gasteiger partial charge in [0.1, 0.15) is 0 Å². The number of aromatic nitrogens is 1. The molecule has 80 valence electrons. The summed E-state index contributed by atoms with van der Waals surface area (Å²) in [6.07, 6.45) is 2.76. The Kier molecular flexibility index (Phi) is 3.87. The Hall–Kier alpha value is -0.270. The van der Waals surface area contributed by atoms with E-state index in [1.54, 1.807) is 22.7 Å². The van der Waals surface area contributed by atoms with Gasteiger partial charge in [0.05, 0.1) is 15.3 Å². The van der Waals surface area contributed by atoms with Crippen LogP contribution in [0.1, 0.15) is 15.8 Å². The highest BCUT2D eigenvalue weighted by Gasteiger charge is 2.13. The van der Waals surface area contributed by atoms with Crippen LogP contribution in [0.2, 0.25) is 0 Å². The first-order valence-corrected chi connectivity index (χ1v) is 6.87. The van der Waals surface area contributed by atoms with Crippen molar-refractivity contribution in [1.29, 1.82) is 0 Å². The maximum atomic E-state index is 5.54. The minimum Gasteiger partial charge on any atom is -0.271 e. The summed E-state index contributed by atoms with van der Waals surface area (Å²) in [4.78, 5) is 6.53. The third kappa shape index (κ3) is 2.85. The topological polar surface area (TPSA) is 50.9 Å². The number of nitrogens with zero attached hydrogens (tertiary/aromatic N) is 1. The zero-order valence-electron chi connectivity index (χ0n) is 7.81. The van der Waals surface area contributed by atoms with Gasteiger partial charge in [-0.2, -0.15) is 0 Å². The summed E-state index contributed by atoms with van der Waals surface area (Å²) >= 11 is 6.80. The van der Waals surface area contributed by atoms with E-state index in [0.29, 0.717) is 0 Å². The van der Waals surface area contributed by atoms with Crippen LogP contribution in [0.5, 0.6) is 0 Å². The zero-order valence-corrected chi connectivity index (χ0v) is 11.0. The molecule has 0 saturated heterocycles. The molecule has 1 unspecified atom stereocenters. The second-order valence-electron chi connectivity index (χ2n) is 3.03. The van der Waals surface area contributed by atoms with E-state index in [1.165, 1.54) is 9.75 Å². The van der Waals surface area contributed by atoms with E-state index in [9.17, 15) is 0 Å². The molecule has 0 amide bonds. The van der Waals surface area contributed by atoms with Gasteiger partial charge >= 0.3 is 0 Å². The highest BCUT2D eigenvalue weighted by atomic mass is 79.9. The van der Waals surface area contributed by atoms with Gasteiger partial charge in [-0.05, 0) is 28.1 Å². The summed E-state index contributed by atoms with van der Waals surface area (Å²) in [7, 11) is 0. The van der Waals surface area contributed by atoms with Gasteiger partial charge in [-0.15, -0.1) is 22.7 Å². The predicted molar refractivity (Wildman–Crippen MR) is 67.9 cm³/mol. The molecule has 0 fully saturated rings. The number of thiazole rings is 1. The van der Waals surface area contributed by atoms with Crippen LogP contribution in [0.4, 0.5) is 0 Å². The molecule has 2 heterocycles. The van der Waals surface area contributed by atoms with Gasteiger partial charge < -0.3 is 0 Å². The average molecular weight is 304 g/mol. The Bertz CT molecular complexity index is 413. The third-order valence-corrected chi connectivity index (χ3v) is 4.57. The van der Waals surface area contributed by atoms with Gasteiger partial charge in [0.2, 0.25) is 0 Å². The van der Waals surface area contributed by atoms with Gasteiger partial charge in [-0.1, -0.05) is 0 Å². The molecular weight excluding hydrogens is 294 g/mol. The van der Waals surface area contributed by atoms with Crippen LogP contribution in [0.25, 0.3) is 0 Å². The van der Waals surface area contributed by atoms with Crippen molar-refractivity contribution in [2.24, 2.45) is 5.84 Å². The fraction of sp³-hybridized carbons (Fsp3) is 0.222. The smallest absolute Gasteiger partial charge is 0.0794 e. The van der Waals surface area contributed by atoms with Crippen molar-refractivity contribution in [1.82, 2.24) is 10.4 Å². The van der Waals surface area contributed by atoms with Crippen molar-refractivity contribution < 1.29 is 0 Å². The molecular formula is C9H10BrN3S2. The van der Waals surface area contributed by atoms with Crippen molar-refractivity contribution >= 4 is 38.6 Å². The van der Waals surface area contributed by atoms with E-state index >= 15 is 0 Å². The molecule has 15 heavy (non-hydrogen) atoms. The molecule has 0 spiro atoms. The number of hydrogen-bond acceptors (Lipinski definition) is 5. The Morgan fingerprint density at radius 2 is 2.40 bits per heavy atom. The number of nitrogens with two attached hydrogens (primary N) is 1. The fourth-order valence-corrected chi connectivity index (χ4v) is 3.51. The van der Waals surface area contributed by atoms with Gasteiger partial charge in [0.25, 0.3) is 0 Å². The first kappa shape index (κ1) is 11.2. The summed E-state index contributed by atoms with van der Waals surface area (Å²) in [6.45, 7) is 0. The van der Waals surface area contributed by atoms with Crippen molar-refractivity contribution in [2.75, 3.05) is 0 Å². The molecule has 0 aliphatic rings. The Labute approximate surface area is 104 Å². The van der Waals surface area contributed by atoms with Crippen molar-refractivity contribution in [3.8, 4) is 0 Å². The number of hydrazine groups is 1. The van der Waals surface area contributed by atoms with Crippen LogP contribution in [0.15, 0.2) is 27.6 Å². The second kappa shape index (κ2) is 5.18. The lowest BCUT2D eigenvalue weighted by Gasteiger charge is -2.11. The number of halogens is 1. The molecule has 2 rings (SSSR count). The van der Waals surface area contributed by atoms with E-state index in [2.05, 4.69) is 38.5 Å². The lowest BCUT2D eigenvalue weighted by molar-refractivity contribution is 0.563. The lowest BCUT2D eigenvalue weighted by atomic mass is 10.2. The quantitative estimate of drug-likeness (QED) is 0.674. The summed E-state index contributed by atoms with van der Waals surface area (Å²) < 4.78 is 1.15. The number of thiophene rings is 1. The summed E-state index contributed by atoms with van der Waals surface area (Å²) in [6, 6.07) is 4.32. The minimum atomic E-state index is 0.156. The molecule has 0 aliphatic carbocycles. The SMILES string of the molecule is NNC(Cc1ccc(Br)s1)c1cncs1. The van der Waals surface area contributed by atoms with E-state index in [0.717, 1.165) is 10.2 Å². The van der Waals surface area contributed by atoms with Crippen LogP contribution >= 0.6 is 38.6 Å². The number of nitrogens with one attached hydrogen (secondary N) is 1. The maximum Gasteiger partial charge on any atom is 0.0794 e. The van der Waals surface area contributed by atoms with E-state index in [1.807, 2.05) is 11.7 Å². The largest absolute Gasteiger partial charge is 0.271 e. The Balaban J connectivity index is 2.09. The van der Waals surface area contributed by atoms with Gasteiger partial charge in [0, 0.05) is 22.4 Å². The summed E-state index contributed by atoms with van der Waals surface area (Å²) in [5.74, 6) is 5.54. The third-order valence-electron chi connectivity index (χ3n) is 2.03. The average Bonchev–Trinajstić information content (AvgIpc) is 2.85. The lowest BCUT2D eigenvalue weighted by Crippen LogP contribution is -2.28. The Morgan fingerprint density at radius 3 is 2.93 bits per heavy atom. The predicted octanol–water partition coefficient (Wildman–Crippen LogP) is 2.71. The standard InChI is InChI=1S/C9H10BrN3S2/c10-9-2-1-6(15-9)3-7(13-11)8-4-12-5-14-8/h1-2,4-5,7,13H,3,11H2. The maximum absolute atomic E-state index is 5.54. The molecule has 6 heteroatoms. The monoisotopic (exact) mass is 303 g/mol. The fourth-order valence-electron chi connectivity index (χ4n) is 1.30. The molecule has 0 aliphatic heterocycles. The molecule has 0 bridgehead atoms. The molecule has 1 atom stereocenters.